The lowest BCUT2D eigenvalue weighted by Gasteiger charge is -2.27. The number of benzene rings is 2. The number of hydrazone groups is 1. The number of anilines is 1. The highest BCUT2D eigenvalue weighted by Crippen LogP contribution is 2.46. The Morgan fingerprint density at radius 2 is 1.62 bits per heavy atom. The molecule has 1 aromatic heterocycles. The first-order chi connectivity index (χ1) is 15.8. The topological polar surface area (TPSA) is 70.6 Å². The van der Waals surface area contributed by atoms with E-state index in [0.717, 1.165) is 16.8 Å². The standard InChI is InChI=1S/C21H14F7N3O2S/c1-11(30-31-17(32)15-10-34-16-8-3-2-7-14(15)16)12-5-4-6-13(9-12)29-18(33)19(22,23)20(24,25)21(26,27)28/h2-10H,1H3,(H,29,33)(H,31,32). The molecule has 5 nitrogen and oxygen atoms in total. The third-order valence-corrected chi connectivity index (χ3v) is 5.59. The van der Waals surface area contributed by atoms with Gasteiger partial charge in [0.2, 0.25) is 0 Å². The fourth-order valence-corrected chi connectivity index (χ4v) is 3.71. The first-order valence-electron chi connectivity index (χ1n) is 9.31. The Bertz CT molecular complexity index is 1270. The van der Waals surface area contributed by atoms with Crippen LogP contribution in [0.3, 0.4) is 0 Å². The minimum absolute atomic E-state index is 0.136. The van der Waals surface area contributed by atoms with E-state index in [0.29, 0.717) is 10.9 Å². The van der Waals surface area contributed by atoms with Gasteiger partial charge in [-0.1, -0.05) is 30.3 Å². The molecule has 0 unspecified atom stereocenters. The molecule has 0 saturated heterocycles. The highest BCUT2D eigenvalue weighted by Gasteiger charge is 2.76. The van der Waals surface area contributed by atoms with Crippen LogP contribution < -0.4 is 10.7 Å². The third-order valence-electron chi connectivity index (χ3n) is 4.62. The number of hydrogen-bond donors (Lipinski definition) is 2. The number of thiophene rings is 1. The van der Waals surface area contributed by atoms with E-state index < -0.39 is 35.5 Å². The summed E-state index contributed by atoms with van der Waals surface area (Å²) < 4.78 is 90.9. The second kappa shape index (κ2) is 9.05. The van der Waals surface area contributed by atoms with E-state index in [1.807, 2.05) is 12.1 Å². The summed E-state index contributed by atoms with van der Waals surface area (Å²) in [7, 11) is 0. The zero-order valence-corrected chi connectivity index (χ0v) is 17.8. The molecule has 0 fully saturated rings. The van der Waals surface area contributed by atoms with Gasteiger partial charge in [-0.2, -0.15) is 35.8 Å². The van der Waals surface area contributed by atoms with E-state index in [4.69, 9.17) is 0 Å². The number of halogens is 7. The second-order valence-corrected chi connectivity index (χ2v) is 7.88. The van der Waals surface area contributed by atoms with Gasteiger partial charge in [0.1, 0.15) is 0 Å². The van der Waals surface area contributed by atoms with E-state index >= 15 is 0 Å². The number of nitrogens with zero attached hydrogens (tertiary/aromatic N) is 1. The highest BCUT2D eigenvalue weighted by molar-refractivity contribution is 7.17. The van der Waals surface area contributed by atoms with Gasteiger partial charge in [-0.15, -0.1) is 11.3 Å². The lowest BCUT2D eigenvalue weighted by atomic mass is 10.1. The molecular formula is C21H14F7N3O2S. The molecule has 2 N–H and O–H groups in total. The number of hydrogen-bond acceptors (Lipinski definition) is 4. The van der Waals surface area contributed by atoms with Crippen LogP contribution in [-0.4, -0.2) is 35.5 Å². The van der Waals surface area contributed by atoms with Gasteiger partial charge in [-0.3, -0.25) is 9.59 Å². The molecule has 0 aliphatic carbocycles. The Kier molecular flexibility index (Phi) is 6.69. The number of alkyl halides is 7. The van der Waals surface area contributed by atoms with Gasteiger partial charge in [0.25, 0.3) is 5.91 Å². The number of carbonyl (C=O) groups is 2. The van der Waals surface area contributed by atoms with Crippen LogP contribution in [-0.2, 0) is 4.79 Å². The predicted molar refractivity (Wildman–Crippen MR) is 113 cm³/mol. The fourth-order valence-electron chi connectivity index (χ4n) is 2.77. The van der Waals surface area contributed by atoms with Crippen molar-refractivity contribution in [2.45, 2.75) is 24.9 Å². The molecule has 0 aliphatic rings. The van der Waals surface area contributed by atoms with Crippen LogP contribution in [0, 0.1) is 0 Å². The van der Waals surface area contributed by atoms with E-state index in [1.165, 1.54) is 35.7 Å². The molecule has 3 rings (SSSR count). The predicted octanol–water partition coefficient (Wildman–Crippen LogP) is 5.83. The Labute approximate surface area is 191 Å². The quantitative estimate of drug-likeness (QED) is 0.252. The Balaban J connectivity index is 1.75. The fraction of sp³-hybridized carbons (Fsp3) is 0.190. The minimum atomic E-state index is -6.63. The summed E-state index contributed by atoms with van der Waals surface area (Å²) in [4.78, 5) is 24.0. The molecular weight excluding hydrogens is 491 g/mol. The van der Waals surface area contributed by atoms with Crippen molar-refractivity contribution in [3.8, 4) is 0 Å². The maximum Gasteiger partial charge on any atom is 0.460 e. The summed E-state index contributed by atoms with van der Waals surface area (Å²) in [5.41, 5.74) is 2.51. The van der Waals surface area contributed by atoms with E-state index in [9.17, 15) is 40.3 Å². The van der Waals surface area contributed by atoms with Gasteiger partial charge < -0.3 is 5.32 Å². The molecule has 13 heteroatoms. The first kappa shape index (κ1) is 25.1. The Morgan fingerprint density at radius 3 is 2.29 bits per heavy atom. The van der Waals surface area contributed by atoms with Gasteiger partial charge in [0.15, 0.2) is 0 Å². The van der Waals surface area contributed by atoms with Crippen molar-refractivity contribution < 1.29 is 40.3 Å². The molecule has 0 saturated carbocycles. The maximum absolute atomic E-state index is 13.5. The summed E-state index contributed by atoms with van der Waals surface area (Å²) >= 11 is 1.35. The minimum Gasteiger partial charge on any atom is -0.321 e. The first-order valence-corrected chi connectivity index (χ1v) is 10.2. The van der Waals surface area contributed by atoms with Crippen LogP contribution in [0.5, 0.6) is 0 Å². The van der Waals surface area contributed by atoms with E-state index in [2.05, 4.69) is 10.5 Å². The SMILES string of the molecule is CC(=NNC(=O)c1csc2ccccc12)c1cccc(NC(=O)C(F)(F)C(F)(F)C(F)(F)F)c1. The molecule has 0 aliphatic heterocycles. The van der Waals surface area contributed by atoms with Crippen LogP contribution >= 0.6 is 11.3 Å². The van der Waals surface area contributed by atoms with Crippen LogP contribution in [0.2, 0.25) is 0 Å². The number of nitrogens with one attached hydrogen (secondary N) is 2. The van der Waals surface area contributed by atoms with Crippen LogP contribution in [0.25, 0.3) is 10.1 Å². The molecule has 2 aromatic carbocycles. The van der Waals surface area contributed by atoms with Crippen molar-refractivity contribution in [2.75, 3.05) is 5.32 Å². The second-order valence-electron chi connectivity index (χ2n) is 6.97. The number of amides is 2. The van der Waals surface area contributed by atoms with E-state index in [-0.39, 0.29) is 11.3 Å². The zero-order valence-electron chi connectivity index (χ0n) is 17.0. The summed E-state index contributed by atoms with van der Waals surface area (Å²) in [5.74, 6) is -16.0. The van der Waals surface area contributed by atoms with Crippen molar-refractivity contribution in [2.24, 2.45) is 5.10 Å². The molecule has 3 aromatic rings. The number of rotatable bonds is 6. The van der Waals surface area contributed by atoms with E-state index in [1.54, 1.807) is 17.5 Å². The highest BCUT2D eigenvalue weighted by atomic mass is 32.1. The monoisotopic (exact) mass is 505 g/mol. The average molecular weight is 505 g/mol. The van der Waals surface area contributed by atoms with Crippen LogP contribution in [0.15, 0.2) is 59.0 Å². The molecule has 1 heterocycles. The van der Waals surface area contributed by atoms with Gasteiger partial charge in [-0.25, -0.2) is 5.43 Å². The van der Waals surface area contributed by atoms with Gasteiger partial charge in [0, 0.05) is 21.2 Å². The van der Waals surface area contributed by atoms with Crippen molar-refractivity contribution in [1.82, 2.24) is 5.43 Å². The van der Waals surface area contributed by atoms with Crippen molar-refractivity contribution in [1.29, 1.82) is 0 Å². The number of fused-ring (bicyclic) bond motifs is 1. The molecule has 180 valence electrons. The van der Waals surface area contributed by atoms with Crippen LogP contribution in [0.1, 0.15) is 22.8 Å². The normalized spacial score (nSPS) is 13.1. The third kappa shape index (κ3) is 4.74. The summed E-state index contributed by atoms with van der Waals surface area (Å²) in [6.45, 7) is 1.42. The average Bonchev–Trinajstić information content (AvgIpc) is 3.20. The molecule has 0 radical (unpaired) electrons. The molecule has 0 spiro atoms. The smallest absolute Gasteiger partial charge is 0.321 e. The maximum atomic E-state index is 13.5. The molecule has 2 amide bonds. The summed E-state index contributed by atoms with van der Waals surface area (Å²) in [5, 5.41) is 7.59. The summed E-state index contributed by atoms with van der Waals surface area (Å²) in [6, 6.07) is 11.8. The van der Waals surface area contributed by atoms with Crippen molar-refractivity contribution in [3.63, 3.8) is 0 Å². The Morgan fingerprint density at radius 1 is 0.941 bits per heavy atom. The molecule has 0 bridgehead atoms. The molecule has 0 atom stereocenters. The van der Waals surface area contributed by atoms with Gasteiger partial charge >= 0.3 is 23.9 Å². The van der Waals surface area contributed by atoms with Gasteiger partial charge in [0.05, 0.1) is 11.3 Å². The number of carbonyl (C=O) groups excluding carboxylic acids is 2. The zero-order chi connectivity index (χ0) is 25.3. The molecule has 34 heavy (non-hydrogen) atoms. The van der Waals surface area contributed by atoms with Crippen molar-refractivity contribution in [3.05, 3.63) is 65.0 Å². The Hall–Kier alpha value is -3.48. The van der Waals surface area contributed by atoms with Gasteiger partial charge in [-0.05, 0) is 30.7 Å². The largest absolute Gasteiger partial charge is 0.460 e. The van der Waals surface area contributed by atoms with Crippen LogP contribution in [0.4, 0.5) is 36.4 Å². The van der Waals surface area contributed by atoms with Crippen molar-refractivity contribution >= 4 is 44.6 Å². The summed E-state index contributed by atoms with van der Waals surface area (Å²) in [6.07, 6.45) is -6.63. The lowest BCUT2D eigenvalue weighted by Crippen LogP contribution is -2.57. The lowest BCUT2D eigenvalue weighted by molar-refractivity contribution is -0.343.